The minimum atomic E-state index is -4.36. The van der Waals surface area contributed by atoms with Gasteiger partial charge in [0.25, 0.3) is 0 Å². The van der Waals surface area contributed by atoms with Crippen LogP contribution in [0, 0.1) is 0 Å². The Morgan fingerprint density at radius 2 is 2.00 bits per heavy atom. The van der Waals surface area contributed by atoms with Crippen molar-refractivity contribution in [2.24, 2.45) is 5.16 Å². The van der Waals surface area contributed by atoms with Gasteiger partial charge in [0.2, 0.25) is 0 Å². The summed E-state index contributed by atoms with van der Waals surface area (Å²) in [5.41, 5.74) is 0.217. The van der Waals surface area contributed by atoms with Crippen molar-refractivity contribution < 1.29 is 18.4 Å². The summed E-state index contributed by atoms with van der Waals surface area (Å²) in [4.78, 5) is 0. The highest BCUT2D eigenvalue weighted by atomic mass is 19.4. The summed E-state index contributed by atoms with van der Waals surface area (Å²) in [6, 6.07) is 4.12. The van der Waals surface area contributed by atoms with Crippen molar-refractivity contribution in [1.29, 1.82) is 0 Å². The number of nitrogens with zero attached hydrogens (tertiary/aromatic N) is 1. The van der Waals surface area contributed by atoms with Crippen LogP contribution in [0.25, 0.3) is 0 Å². The van der Waals surface area contributed by atoms with Gasteiger partial charge in [0.05, 0.1) is 11.3 Å². The van der Waals surface area contributed by atoms with Crippen LogP contribution < -0.4 is 0 Å². The molecule has 92 valence electrons. The van der Waals surface area contributed by atoms with Crippen molar-refractivity contribution in [3.05, 3.63) is 34.9 Å². The average molecular weight is 243 g/mol. The van der Waals surface area contributed by atoms with E-state index in [0.717, 1.165) is 18.9 Å². The average Bonchev–Trinajstić information content (AvgIpc) is 3.10. The van der Waals surface area contributed by atoms with Crippen molar-refractivity contribution in [1.82, 2.24) is 0 Å². The van der Waals surface area contributed by atoms with Gasteiger partial charge in [0.1, 0.15) is 0 Å². The number of hydrogen-bond donors (Lipinski definition) is 1. The van der Waals surface area contributed by atoms with Gasteiger partial charge in [0.15, 0.2) is 0 Å². The first-order valence-corrected chi connectivity index (χ1v) is 5.33. The molecule has 1 aromatic carbocycles. The van der Waals surface area contributed by atoms with E-state index in [1.54, 1.807) is 6.07 Å². The first kappa shape index (κ1) is 12.0. The van der Waals surface area contributed by atoms with Gasteiger partial charge in [-0.05, 0) is 42.9 Å². The molecule has 0 heterocycles. The molecule has 1 aliphatic rings. The summed E-state index contributed by atoms with van der Waals surface area (Å²) in [7, 11) is 0. The van der Waals surface area contributed by atoms with Crippen LogP contribution in [0.5, 0.6) is 0 Å². The van der Waals surface area contributed by atoms with Gasteiger partial charge < -0.3 is 5.21 Å². The van der Waals surface area contributed by atoms with Crippen LogP contribution in [0.4, 0.5) is 13.2 Å². The second kappa shape index (κ2) is 4.05. The standard InChI is InChI=1S/C12H12F3NO/c1-7(16-17)9-4-5-10(8-2-3-8)11(6-9)12(13,14)15/h4-6,8,17H,2-3H2,1H3. The Hall–Kier alpha value is -1.52. The maximum Gasteiger partial charge on any atom is 0.416 e. The van der Waals surface area contributed by atoms with Gasteiger partial charge in [0, 0.05) is 0 Å². The molecule has 0 amide bonds. The number of benzene rings is 1. The highest BCUT2D eigenvalue weighted by Gasteiger charge is 2.38. The fourth-order valence-corrected chi connectivity index (χ4v) is 1.83. The van der Waals surface area contributed by atoms with Crippen molar-refractivity contribution in [3.8, 4) is 0 Å². The molecule has 0 radical (unpaired) electrons. The number of hydrogen-bond acceptors (Lipinski definition) is 2. The Bertz CT molecular complexity index is 461. The first-order valence-electron chi connectivity index (χ1n) is 5.33. The van der Waals surface area contributed by atoms with Crippen LogP contribution in [0.2, 0.25) is 0 Å². The van der Waals surface area contributed by atoms with Crippen molar-refractivity contribution in [2.45, 2.75) is 31.9 Å². The van der Waals surface area contributed by atoms with E-state index in [9.17, 15) is 13.2 Å². The molecule has 0 spiro atoms. The van der Waals surface area contributed by atoms with E-state index in [0.29, 0.717) is 11.1 Å². The molecule has 2 nitrogen and oxygen atoms in total. The molecule has 0 unspecified atom stereocenters. The summed E-state index contributed by atoms with van der Waals surface area (Å²) in [6.07, 6.45) is -2.73. The third kappa shape index (κ3) is 2.43. The quantitative estimate of drug-likeness (QED) is 0.478. The van der Waals surface area contributed by atoms with Gasteiger partial charge in [-0.1, -0.05) is 17.3 Å². The van der Waals surface area contributed by atoms with E-state index in [1.165, 1.54) is 13.0 Å². The van der Waals surface area contributed by atoms with Gasteiger partial charge in [-0.15, -0.1) is 0 Å². The molecule has 1 saturated carbocycles. The summed E-state index contributed by atoms with van der Waals surface area (Å²) in [5.74, 6) is 0.0343. The monoisotopic (exact) mass is 243 g/mol. The maximum atomic E-state index is 12.9. The molecule has 0 aromatic heterocycles. The molecular formula is C12H12F3NO. The largest absolute Gasteiger partial charge is 0.416 e. The molecule has 1 N–H and O–H groups in total. The predicted octanol–water partition coefficient (Wildman–Crippen LogP) is 3.78. The molecule has 0 saturated heterocycles. The minimum Gasteiger partial charge on any atom is -0.411 e. The third-order valence-electron chi connectivity index (χ3n) is 2.94. The topological polar surface area (TPSA) is 32.6 Å². The Morgan fingerprint density at radius 1 is 1.35 bits per heavy atom. The van der Waals surface area contributed by atoms with Crippen molar-refractivity contribution in [2.75, 3.05) is 0 Å². The molecule has 5 heteroatoms. The fourth-order valence-electron chi connectivity index (χ4n) is 1.83. The van der Waals surface area contributed by atoms with E-state index in [4.69, 9.17) is 5.21 Å². The Kier molecular flexibility index (Phi) is 2.85. The van der Waals surface area contributed by atoms with E-state index in [2.05, 4.69) is 5.16 Å². The molecule has 0 bridgehead atoms. The summed E-state index contributed by atoms with van der Waals surface area (Å²) in [5, 5.41) is 11.5. The molecule has 0 atom stereocenters. The zero-order chi connectivity index (χ0) is 12.6. The van der Waals surface area contributed by atoms with Gasteiger partial charge in [-0.25, -0.2) is 0 Å². The molecule has 0 aliphatic heterocycles. The minimum absolute atomic E-state index is 0.0343. The summed E-state index contributed by atoms with van der Waals surface area (Å²) >= 11 is 0. The first-order chi connectivity index (χ1) is 7.93. The third-order valence-corrected chi connectivity index (χ3v) is 2.94. The van der Waals surface area contributed by atoms with E-state index in [-0.39, 0.29) is 11.6 Å². The summed E-state index contributed by atoms with van der Waals surface area (Å²) in [6.45, 7) is 1.46. The number of rotatable bonds is 2. The lowest BCUT2D eigenvalue weighted by Gasteiger charge is -2.13. The van der Waals surface area contributed by atoms with Gasteiger partial charge in [-0.2, -0.15) is 13.2 Å². The molecule has 1 fully saturated rings. The Labute approximate surface area is 96.8 Å². The van der Waals surface area contributed by atoms with Crippen molar-refractivity contribution >= 4 is 5.71 Å². The lowest BCUT2D eigenvalue weighted by atomic mass is 9.98. The molecular weight excluding hydrogens is 231 g/mol. The SMILES string of the molecule is CC(=NO)c1ccc(C2CC2)c(C(F)(F)F)c1. The molecule has 1 aliphatic carbocycles. The highest BCUT2D eigenvalue weighted by Crippen LogP contribution is 2.46. The predicted molar refractivity (Wildman–Crippen MR) is 57.4 cm³/mol. The fraction of sp³-hybridized carbons (Fsp3) is 0.417. The van der Waals surface area contributed by atoms with Crippen LogP contribution in [-0.4, -0.2) is 10.9 Å². The summed E-state index contributed by atoms with van der Waals surface area (Å²) < 4.78 is 38.6. The van der Waals surface area contributed by atoms with Crippen molar-refractivity contribution in [3.63, 3.8) is 0 Å². The molecule has 2 rings (SSSR count). The van der Waals surface area contributed by atoms with Crippen LogP contribution in [-0.2, 0) is 6.18 Å². The lowest BCUT2D eigenvalue weighted by molar-refractivity contribution is -0.138. The van der Waals surface area contributed by atoms with Crippen LogP contribution in [0.1, 0.15) is 42.4 Å². The van der Waals surface area contributed by atoms with Crippen LogP contribution in [0.3, 0.4) is 0 Å². The number of alkyl halides is 3. The Morgan fingerprint density at radius 3 is 2.47 bits per heavy atom. The van der Waals surface area contributed by atoms with E-state index < -0.39 is 11.7 Å². The normalized spacial score (nSPS) is 17.3. The van der Waals surface area contributed by atoms with E-state index >= 15 is 0 Å². The lowest BCUT2D eigenvalue weighted by Crippen LogP contribution is -2.10. The zero-order valence-corrected chi connectivity index (χ0v) is 9.25. The second-order valence-electron chi connectivity index (χ2n) is 4.26. The van der Waals surface area contributed by atoms with Gasteiger partial charge >= 0.3 is 6.18 Å². The van der Waals surface area contributed by atoms with E-state index in [1.807, 2.05) is 0 Å². The second-order valence-corrected chi connectivity index (χ2v) is 4.26. The van der Waals surface area contributed by atoms with Crippen LogP contribution in [0.15, 0.2) is 23.4 Å². The maximum absolute atomic E-state index is 12.9. The van der Waals surface area contributed by atoms with Crippen LogP contribution >= 0.6 is 0 Å². The van der Waals surface area contributed by atoms with Gasteiger partial charge in [-0.3, -0.25) is 0 Å². The molecule has 1 aromatic rings. The molecule has 17 heavy (non-hydrogen) atoms. The number of halogens is 3. The zero-order valence-electron chi connectivity index (χ0n) is 9.25. The Balaban J connectivity index is 2.50. The number of oxime groups is 1. The smallest absolute Gasteiger partial charge is 0.411 e. The highest BCUT2D eigenvalue weighted by molar-refractivity contribution is 5.98.